The molecule has 74 valence electrons. The Balaban J connectivity index is 2.24. The summed E-state index contributed by atoms with van der Waals surface area (Å²) in [5, 5.41) is 0. The zero-order valence-electron chi connectivity index (χ0n) is 7.34. The first-order valence-corrected chi connectivity index (χ1v) is 5.75. The number of hydrogen-bond acceptors (Lipinski definition) is 3. The highest BCUT2D eigenvalue weighted by atomic mass is 32.2. The molecule has 2 rings (SSSR count). The molecule has 0 radical (unpaired) electrons. The molecular weight excluding hydrogens is 202 g/mol. The number of aliphatic imine (C=N–C) groups is 1. The molecular formula is C9H9NO3S. The van der Waals surface area contributed by atoms with Crippen molar-refractivity contribution in [2.24, 2.45) is 4.99 Å². The van der Waals surface area contributed by atoms with Gasteiger partial charge in [-0.1, -0.05) is 18.2 Å². The maximum Gasteiger partial charge on any atom is 0.270 e. The first-order valence-electron chi connectivity index (χ1n) is 4.14. The maximum absolute atomic E-state index is 10.6. The molecule has 0 atom stereocenters. The lowest BCUT2D eigenvalue weighted by Crippen LogP contribution is -2.14. The van der Waals surface area contributed by atoms with Gasteiger partial charge in [-0.15, -0.1) is 0 Å². The summed E-state index contributed by atoms with van der Waals surface area (Å²) in [6, 6.07) is 7.45. The molecule has 1 heterocycles. The van der Waals surface area contributed by atoms with Gasteiger partial charge in [-0.2, -0.15) is 8.42 Å². The van der Waals surface area contributed by atoms with Crippen LogP contribution in [0.5, 0.6) is 0 Å². The zero-order chi connectivity index (χ0) is 10.2. The van der Waals surface area contributed by atoms with Gasteiger partial charge in [-0.25, -0.2) is 0 Å². The third-order valence-electron chi connectivity index (χ3n) is 2.01. The molecule has 1 aliphatic rings. The van der Waals surface area contributed by atoms with Crippen LogP contribution in [0.2, 0.25) is 0 Å². The van der Waals surface area contributed by atoms with Crippen molar-refractivity contribution in [3.8, 4) is 0 Å². The van der Waals surface area contributed by atoms with Gasteiger partial charge in [0.1, 0.15) is 5.75 Å². The quantitative estimate of drug-likeness (QED) is 0.747. The number of hydrogen-bond donors (Lipinski definition) is 1. The predicted octanol–water partition coefficient (Wildman–Crippen LogP) is 1.20. The van der Waals surface area contributed by atoms with Gasteiger partial charge in [-0.3, -0.25) is 9.55 Å². The van der Waals surface area contributed by atoms with E-state index in [9.17, 15) is 8.42 Å². The van der Waals surface area contributed by atoms with Gasteiger partial charge >= 0.3 is 0 Å². The lowest BCUT2D eigenvalue weighted by molar-refractivity contribution is 0.488. The van der Waals surface area contributed by atoms with Crippen LogP contribution in [0, 0.1) is 0 Å². The fraction of sp³-hybridized carbons (Fsp3) is 0.222. The van der Waals surface area contributed by atoms with Gasteiger partial charge in [-0.05, 0) is 11.6 Å². The van der Waals surface area contributed by atoms with Crippen molar-refractivity contribution in [2.45, 2.75) is 6.42 Å². The van der Waals surface area contributed by atoms with Gasteiger partial charge in [0.25, 0.3) is 10.1 Å². The van der Waals surface area contributed by atoms with E-state index in [-0.39, 0.29) is 5.75 Å². The molecule has 0 unspecified atom stereocenters. The summed E-state index contributed by atoms with van der Waals surface area (Å²) in [5.74, 6) is -0.373. The van der Waals surface area contributed by atoms with Crippen molar-refractivity contribution in [1.82, 2.24) is 0 Å². The second-order valence-corrected chi connectivity index (χ2v) is 4.66. The number of rotatable bonds is 2. The fourth-order valence-corrected chi connectivity index (χ4v) is 2.08. The van der Waals surface area contributed by atoms with E-state index in [1.54, 1.807) is 0 Å². The second kappa shape index (κ2) is 3.18. The first kappa shape index (κ1) is 9.36. The van der Waals surface area contributed by atoms with Gasteiger partial charge in [0.05, 0.1) is 5.69 Å². The predicted molar refractivity (Wildman–Crippen MR) is 53.7 cm³/mol. The minimum Gasteiger partial charge on any atom is -0.285 e. The summed E-state index contributed by atoms with van der Waals surface area (Å²) in [6.07, 6.45) is 0.510. The third-order valence-corrected chi connectivity index (χ3v) is 2.71. The van der Waals surface area contributed by atoms with Crippen LogP contribution in [0.3, 0.4) is 0 Å². The number of fused-ring (bicyclic) bond motifs is 1. The monoisotopic (exact) mass is 211 g/mol. The average molecular weight is 211 g/mol. The average Bonchev–Trinajstić information content (AvgIpc) is 2.42. The molecule has 4 nitrogen and oxygen atoms in total. The van der Waals surface area contributed by atoms with E-state index < -0.39 is 10.1 Å². The molecule has 0 saturated heterocycles. The van der Waals surface area contributed by atoms with Crippen LogP contribution >= 0.6 is 0 Å². The van der Waals surface area contributed by atoms with Crippen LogP contribution in [0.1, 0.15) is 5.56 Å². The van der Waals surface area contributed by atoms with Gasteiger partial charge < -0.3 is 0 Å². The SMILES string of the molecule is O=S(=O)(O)CC1=Nc2ccccc2C1. The van der Waals surface area contributed by atoms with Crippen molar-refractivity contribution < 1.29 is 13.0 Å². The highest BCUT2D eigenvalue weighted by Gasteiger charge is 2.18. The number of benzene rings is 1. The van der Waals surface area contributed by atoms with Gasteiger partial charge in [0.15, 0.2) is 0 Å². The molecule has 0 amide bonds. The number of nitrogens with zero attached hydrogens (tertiary/aromatic N) is 1. The Morgan fingerprint density at radius 3 is 2.71 bits per heavy atom. The normalized spacial score (nSPS) is 15.1. The summed E-state index contributed by atoms with van der Waals surface area (Å²) in [5.41, 5.74) is 2.30. The summed E-state index contributed by atoms with van der Waals surface area (Å²) in [7, 11) is -3.96. The van der Waals surface area contributed by atoms with Crippen LogP contribution in [0.25, 0.3) is 0 Å². The smallest absolute Gasteiger partial charge is 0.270 e. The van der Waals surface area contributed by atoms with Crippen LogP contribution in [-0.4, -0.2) is 24.4 Å². The van der Waals surface area contributed by atoms with Crippen molar-refractivity contribution >= 4 is 21.5 Å². The molecule has 0 saturated carbocycles. The van der Waals surface area contributed by atoms with E-state index in [1.165, 1.54) is 0 Å². The molecule has 0 aliphatic carbocycles. The lowest BCUT2D eigenvalue weighted by Gasteiger charge is -1.95. The molecule has 1 aromatic rings. The largest absolute Gasteiger partial charge is 0.285 e. The minimum absolute atomic E-state index is 0.373. The minimum atomic E-state index is -3.96. The first-order chi connectivity index (χ1) is 6.54. The van der Waals surface area contributed by atoms with Crippen LogP contribution in [-0.2, 0) is 16.5 Å². The van der Waals surface area contributed by atoms with Crippen molar-refractivity contribution in [1.29, 1.82) is 0 Å². The summed E-state index contributed by atoms with van der Waals surface area (Å²) in [4.78, 5) is 4.11. The van der Waals surface area contributed by atoms with Crippen LogP contribution in [0.15, 0.2) is 29.3 Å². The summed E-state index contributed by atoms with van der Waals surface area (Å²) in [6.45, 7) is 0. The van der Waals surface area contributed by atoms with Crippen molar-refractivity contribution in [2.75, 3.05) is 5.75 Å². The van der Waals surface area contributed by atoms with E-state index in [4.69, 9.17) is 4.55 Å². The number of para-hydroxylation sites is 1. The second-order valence-electron chi connectivity index (χ2n) is 3.21. The molecule has 0 aromatic heterocycles. The Morgan fingerprint density at radius 2 is 2.07 bits per heavy atom. The highest BCUT2D eigenvalue weighted by Crippen LogP contribution is 2.25. The Labute approximate surface area is 82.0 Å². The van der Waals surface area contributed by atoms with Gasteiger partial charge in [0.2, 0.25) is 0 Å². The molecule has 0 fully saturated rings. The van der Waals surface area contributed by atoms with Crippen molar-refractivity contribution in [3.63, 3.8) is 0 Å². The zero-order valence-corrected chi connectivity index (χ0v) is 8.16. The molecule has 1 N–H and O–H groups in total. The van der Waals surface area contributed by atoms with Gasteiger partial charge in [0, 0.05) is 12.1 Å². The van der Waals surface area contributed by atoms with E-state index in [0.717, 1.165) is 11.3 Å². The Bertz CT molecular complexity index is 491. The standard InChI is InChI=1S/C9H9NO3S/c11-14(12,13)6-8-5-7-3-1-2-4-9(7)10-8/h1-4H,5-6H2,(H,11,12,13). The third kappa shape index (κ3) is 2.00. The van der Waals surface area contributed by atoms with E-state index >= 15 is 0 Å². The summed E-state index contributed by atoms with van der Waals surface area (Å²) >= 11 is 0. The van der Waals surface area contributed by atoms with Crippen LogP contribution < -0.4 is 0 Å². The molecule has 14 heavy (non-hydrogen) atoms. The maximum atomic E-state index is 10.6. The lowest BCUT2D eigenvalue weighted by atomic mass is 10.1. The Kier molecular flexibility index (Phi) is 2.13. The van der Waals surface area contributed by atoms with E-state index in [0.29, 0.717) is 12.1 Å². The van der Waals surface area contributed by atoms with Crippen LogP contribution in [0.4, 0.5) is 5.69 Å². The molecule has 0 spiro atoms. The molecule has 1 aromatic carbocycles. The van der Waals surface area contributed by atoms with Crippen molar-refractivity contribution in [3.05, 3.63) is 29.8 Å². The molecule has 0 bridgehead atoms. The molecule has 5 heteroatoms. The highest BCUT2D eigenvalue weighted by molar-refractivity contribution is 7.86. The Morgan fingerprint density at radius 1 is 1.36 bits per heavy atom. The topological polar surface area (TPSA) is 66.7 Å². The fourth-order valence-electron chi connectivity index (χ4n) is 1.49. The summed E-state index contributed by atoms with van der Waals surface area (Å²) < 4.78 is 29.9. The van der Waals surface area contributed by atoms with E-state index in [1.807, 2.05) is 24.3 Å². The Hall–Kier alpha value is -1.20. The van der Waals surface area contributed by atoms with E-state index in [2.05, 4.69) is 4.99 Å². The molecule has 1 aliphatic heterocycles.